The molecule has 1 atom stereocenters. The Labute approximate surface area is 143 Å². The maximum Gasteiger partial charge on any atom is 0.240 e. The third kappa shape index (κ3) is 4.54. The number of hydrogen-bond acceptors (Lipinski definition) is 3. The molecule has 0 spiro atoms. The molecule has 1 aliphatic rings. The lowest BCUT2D eigenvalue weighted by Crippen LogP contribution is -2.30. The predicted molar refractivity (Wildman–Crippen MR) is 95.3 cm³/mol. The number of nitrogens with one attached hydrogen (secondary N) is 2. The molecule has 2 aromatic rings. The lowest BCUT2D eigenvalue weighted by atomic mass is 10.1. The third-order valence-corrected chi connectivity index (χ3v) is 5.40. The predicted octanol–water partition coefficient (Wildman–Crippen LogP) is 2.66. The smallest absolute Gasteiger partial charge is 0.240 e. The van der Waals surface area contributed by atoms with E-state index in [1.54, 1.807) is 18.2 Å². The largest absolute Gasteiger partial charge is 0.316 e. The van der Waals surface area contributed by atoms with Crippen molar-refractivity contribution in [3.8, 4) is 11.1 Å². The van der Waals surface area contributed by atoms with Crippen molar-refractivity contribution >= 4 is 22.4 Å². The molecule has 0 aromatic heterocycles. The monoisotopic (exact) mass is 352 g/mol. The van der Waals surface area contributed by atoms with Crippen molar-refractivity contribution in [1.29, 1.82) is 0 Å². The van der Waals surface area contributed by atoms with E-state index in [1.807, 2.05) is 36.4 Å². The van der Waals surface area contributed by atoms with Crippen molar-refractivity contribution in [2.45, 2.75) is 11.3 Å². The van der Waals surface area contributed by atoms with Crippen molar-refractivity contribution in [1.82, 2.24) is 10.0 Å². The fourth-order valence-electron chi connectivity index (χ4n) is 2.67. The zero-order valence-corrected chi connectivity index (χ0v) is 14.4. The minimum atomic E-state index is -3.46. The standard InChI is InChI=1S/C17H20N2O2S.ClH/c20-22(21,19-13-14-9-10-18-12-14)17-8-4-7-16(11-17)15-5-2-1-3-6-15;/h1-8,11,14,18-19H,9-10,12-13H2;1H. The maximum absolute atomic E-state index is 12.4. The van der Waals surface area contributed by atoms with E-state index in [-0.39, 0.29) is 12.4 Å². The molecule has 0 bridgehead atoms. The highest BCUT2D eigenvalue weighted by Crippen LogP contribution is 2.22. The highest BCUT2D eigenvalue weighted by Gasteiger charge is 2.19. The van der Waals surface area contributed by atoms with Crippen LogP contribution in [0.1, 0.15) is 6.42 Å². The first-order valence-corrected chi connectivity index (χ1v) is 8.99. The van der Waals surface area contributed by atoms with Crippen molar-refractivity contribution in [2.75, 3.05) is 19.6 Å². The molecule has 2 N–H and O–H groups in total. The van der Waals surface area contributed by atoms with Crippen LogP contribution >= 0.6 is 12.4 Å². The lowest BCUT2D eigenvalue weighted by molar-refractivity contribution is 0.539. The van der Waals surface area contributed by atoms with Gasteiger partial charge >= 0.3 is 0 Å². The van der Waals surface area contributed by atoms with Crippen LogP contribution in [-0.4, -0.2) is 28.1 Å². The maximum atomic E-state index is 12.4. The summed E-state index contributed by atoms with van der Waals surface area (Å²) in [5.74, 6) is 0.382. The summed E-state index contributed by atoms with van der Waals surface area (Å²) in [5, 5.41) is 3.24. The second kappa shape index (κ2) is 7.93. The van der Waals surface area contributed by atoms with Crippen molar-refractivity contribution in [3.63, 3.8) is 0 Å². The summed E-state index contributed by atoms with van der Waals surface area (Å²) in [7, 11) is -3.46. The van der Waals surface area contributed by atoms with Gasteiger partial charge in [0.1, 0.15) is 0 Å². The Bertz CT molecular complexity index is 729. The first-order chi connectivity index (χ1) is 10.6. The SMILES string of the molecule is Cl.O=S(=O)(NCC1CCNC1)c1cccc(-c2ccccc2)c1. The Morgan fingerprint density at radius 2 is 1.78 bits per heavy atom. The van der Waals surface area contributed by atoms with Gasteiger partial charge in [0.2, 0.25) is 10.0 Å². The molecule has 23 heavy (non-hydrogen) atoms. The van der Waals surface area contributed by atoms with Crippen LogP contribution in [0.25, 0.3) is 11.1 Å². The number of sulfonamides is 1. The molecule has 2 aromatic carbocycles. The summed E-state index contributed by atoms with van der Waals surface area (Å²) in [6.07, 6.45) is 1.02. The first-order valence-electron chi connectivity index (χ1n) is 7.51. The highest BCUT2D eigenvalue weighted by atomic mass is 35.5. The summed E-state index contributed by atoms with van der Waals surface area (Å²) >= 11 is 0. The number of benzene rings is 2. The van der Waals surface area contributed by atoms with E-state index in [0.29, 0.717) is 17.4 Å². The Balaban J connectivity index is 0.00000192. The highest BCUT2D eigenvalue weighted by molar-refractivity contribution is 7.89. The van der Waals surface area contributed by atoms with Gasteiger partial charge in [0.25, 0.3) is 0 Å². The number of halogens is 1. The lowest BCUT2D eigenvalue weighted by Gasteiger charge is -2.11. The average molecular weight is 353 g/mol. The van der Waals surface area contributed by atoms with E-state index in [0.717, 1.165) is 30.6 Å². The molecule has 0 saturated carbocycles. The van der Waals surface area contributed by atoms with Crippen LogP contribution in [-0.2, 0) is 10.0 Å². The molecular formula is C17H21ClN2O2S. The second-order valence-corrected chi connectivity index (χ2v) is 7.37. The minimum absolute atomic E-state index is 0. The van der Waals surface area contributed by atoms with Crippen LogP contribution < -0.4 is 10.0 Å². The van der Waals surface area contributed by atoms with Gasteiger partial charge in [0, 0.05) is 6.54 Å². The quantitative estimate of drug-likeness (QED) is 0.869. The molecule has 6 heteroatoms. The molecule has 4 nitrogen and oxygen atoms in total. The molecule has 1 fully saturated rings. The van der Waals surface area contributed by atoms with Crippen LogP contribution in [0.4, 0.5) is 0 Å². The fraction of sp³-hybridized carbons (Fsp3) is 0.294. The molecule has 1 heterocycles. The zero-order valence-electron chi connectivity index (χ0n) is 12.7. The molecule has 0 radical (unpaired) electrons. The molecule has 0 aliphatic carbocycles. The summed E-state index contributed by atoms with van der Waals surface area (Å²) in [6.45, 7) is 2.34. The van der Waals surface area contributed by atoms with Gasteiger partial charge in [-0.25, -0.2) is 13.1 Å². The van der Waals surface area contributed by atoms with Gasteiger partial charge in [-0.15, -0.1) is 12.4 Å². The molecule has 124 valence electrons. The van der Waals surface area contributed by atoms with E-state index >= 15 is 0 Å². The van der Waals surface area contributed by atoms with E-state index in [1.165, 1.54) is 0 Å². The molecule has 1 saturated heterocycles. The number of hydrogen-bond donors (Lipinski definition) is 2. The van der Waals surface area contributed by atoms with Gasteiger partial charge in [-0.3, -0.25) is 0 Å². The molecule has 3 rings (SSSR count). The molecule has 1 aliphatic heterocycles. The summed E-state index contributed by atoms with van der Waals surface area (Å²) in [4.78, 5) is 0.319. The fourth-order valence-corrected chi connectivity index (χ4v) is 3.83. The minimum Gasteiger partial charge on any atom is -0.316 e. The van der Waals surface area contributed by atoms with Gasteiger partial charge in [0.15, 0.2) is 0 Å². The van der Waals surface area contributed by atoms with E-state index in [9.17, 15) is 8.42 Å². The van der Waals surface area contributed by atoms with Crippen LogP contribution in [0.3, 0.4) is 0 Å². The van der Waals surface area contributed by atoms with Gasteiger partial charge < -0.3 is 5.32 Å². The van der Waals surface area contributed by atoms with Crippen LogP contribution in [0.15, 0.2) is 59.5 Å². The Morgan fingerprint density at radius 3 is 2.48 bits per heavy atom. The normalized spacial score (nSPS) is 17.7. The summed E-state index contributed by atoms with van der Waals surface area (Å²) in [6, 6.07) is 16.9. The third-order valence-electron chi connectivity index (χ3n) is 3.98. The van der Waals surface area contributed by atoms with Gasteiger partial charge in [-0.1, -0.05) is 42.5 Å². The number of rotatable bonds is 5. The first kappa shape index (κ1) is 17.9. The zero-order chi connectivity index (χ0) is 15.4. The van der Waals surface area contributed by atoms with Crippen molar-refractivity contribution in [3.05, 3.63) is 54.6 Å². The van der Waals surface area contributed by atoms with E-state index in [4.69, 9.17) is 0 Å². The molecule has 1 unspecified atom stereocenters. The molecule has 0 amide bonds. The van der Waals surface area contributed by atoms with Gasteiger partial charge in [0.05, 0.1) is 4.90 Å². The van der Waals surface area contributed by atoms with Gasteiger partial charge in [-0.2, -0.15) is 0 Å². The Hall–Kier alpha value is -1.40. The van der Waals surface area contributed by atoms with Crippen LogP contribution in [0, 0.1) is 5.92 Å². The van der Waals surface area contributed by atoms with Crippen LogP contribution in [0.5, 0.6) is 0 Å². The Morgan fingerprint density at radius 1 is 1.04 bits per heavy atom. The second-order valence-electron chi connectivity index (χ2n) is 5.60. The summed E-state index contributed by atoms with van der Waals surface area (Å²) < 4.78 is 27.6. The summed E-state index contributed by atoms with van der Waals surface area (Å²) in [5.41, 5.74) is 1.92. The van der Waals surface area contributed by atoms with E-state index < -0.39 is 10.0 Å². The van der Waals surface area contributed by atoms with E-state index in [2.05, 4.69) is 10.0 Å². The molecular weight excluding hydrogens is 332 g/mol. The van der Waals surface area contributed by atoms with Crippen molar-refractivity contribution in [2.24, 2.45) is 5.92 Å². The van der Waals surface area contributed by atoms with Crippen molar-refractivity contribution < 1.29 is 8.42 Å². The van der Waals surface area contributed by atoms with Crippen LogP contribution in [0.2, 0.25) is 0 Å². The topological polar surface area (TPSA) is 58.2 Å². The van der Waals surface area contributed by atoms with Gasteiger partial charge in [-0.05, 0) is 48.7 Å². The average Bonchev–Trinajstić information content (AvgIpc) is 3.08. The Kier molecular flexibility index (Phi) is 6.18.